The monoisotopic (exact) mass is 299 g/mol. The van der Waals surface area contributed by atoms with E-state index in [1.54, 1.807) is 0 Å². The minimum absolute atomic E-state index is 0.0315. The van der Waals surface area contributed by atoms with E-state index in [0.29, 0.717) is 11.0 Å². The second-order valence-electron chi connectivity index (χ2n) is 5.11. The highest BCUT2D eigenvalue weighted by Crippen LogP contribution is 2.31. The summed E-state index contributed by atoms with van der Waals surface area (Å²) in [5, 5.41) is 26.9. The van der Waals surface area contributed by atoms with E-state index in [2.05, 4.69) is 10.2 Å². The third kappa shape index (κ3) is 3.96. The van der Waals surface area contributed by atoms with Crippen LogP contribution in [0.3, 0.4) is 0 Å². The van der Waals surface area contributed by atoms with Crippen LogP contribution >= 0.6 is 11.8 Å². The molecule has 20 heavy (non-hydrogen) atoms. The van der Waals surface area contributed by atoms with Crippen LogP contribution in [0.15, 0.2) is 5.16 Å². The van der Waals surface area contributed by atoms with Crippen LogP contribution in [-0.2, 0) is 11.4 Å². The number of carboxylic acid groups (broad SMARTS) is 1. The summed E-state index contributed by atoms with van der Waals surface area (Å²) in [5.74, 6) is -0.354. The zero-order valence-electron chi connectivity index (χ0n) is 11.5. The van der Waals surface area contributed by atoms with Gasteiger partial charge in [0.15, 0.2) is 11.0 Å². The second kappa shape index (κ2) is 7.64. The van der Waals surface area contributed by atoms with Gasteiger partial charge in [-0.05, 0) is 12.8 Å². The topological polar surface area (TPSA) is 88.2 Å². The van der Waals surface area contributed by atoms with E-state index in [0.717, 1.165) is 25.7 Å². The lowest BCUT2D eigenvalue weighted by Gasteiger charge is -2.23. The smallest absolute Gasteiger partial charge is 0.313 e. The Hall–Kier alpha value is -1.08. The molecular weight excluding hydrogens is 278 g/mol. The fourth-order valence-corrected chi connectivity index (χ4v) is 3.44. The molecule has 2 rings (SSSR count). The highest BCUT2D eigenvalue weighted by molar-refractivity contribution is 7.99. The molecule has 2 N–H and O–H groups in total. The van der Waals surface area contributed by atoms with E-state index in [1.165, 1.54) is 31.0 Å². The Morgan fingerprint density at radius 2 is 1.85 bits per heavy atom. The first-order valence-corrected chi connectivity index (χ1v) is 8.10. The van der Waals surface area contributed by atoms with E-state index in [1.807, 2.05) is 4.57 Å². The van der Waals surface area contributed by atoms with Crippen molar-refractivity contribution in [3.05, 3.63) is 5.82 Å². The van der Waals surface area contributed by atoms with Gasteiger partial charge in [0.2, 0.25) is 0 Å². The van der Waals surface area contributed by atoms with Crippen LogP contribution in [0.2, 0.25) is 0 Å². The molecule has 0 atom stereocenters. The summed E-state index contributed by atoms with van der Waals surface area (Å²) >= 11 is 1.18. The number of aliphatic hydroxyl groups is 1. The highest BCUT2D eigenvalue weighted by atomic mass is 32.2. The maximum absolute atomic E-state index is 10.7. The van der Waals surface area contributed by atoms with E-state index in [9.17, 15) is 9.90 Å². The number of carbonyl (C=O) groups is 1. The molecule has 0 saturated heterocycles. The van der Waals surface area contributed by atoms with E-state index >= 15 is 0 Å². The van der Waals surface area contributed by atoms with Gasteiger partial charge in [-0.15, -0.1) is 10.2 Å². The van der Waals surface area contributed by atoms with Gasteiger partial charge in [0.25, 0.3) is 0 Å². The Morgan fingerprint density at radius 1 is 1.20 bits per heavy atom. The van der Waals surface area contributed by atoms with Crippen molar-refractivity contribution in [3.8, 4) is 0 Å². The zero-order chi connectivity index (χ0) is 14.4. The van der Waals surface area contributed by atoms with Gasteiger partial charge in [-0.25, -0.2) is 0 Å². The summed E-state index contributed by atoms with van der Waals surface area (Å²) in [4.78, 5) is 10.7. The fraction of sp³-hybridized carbons (Fsp3) is 0.769. The van der Waals surface area contributed by atoms with Crippen LogP contribution in [-0.4, -0.2) is 36.7 Å². The predicted octanol–water partition coefficient (Wildman–Crippen LogP) is 2.23. The van der Waals surface area contributed by atoms with Gasteiger partial charge in [-0.2, -0.15) is 0 Å². The quantitative estimate of drug-likeness (QED) is 0.811. The van der Waals surface area contributed by atoms with Crippen molar-refractivity contribution < 1.29 is 15.0 Å². The molecule has 0 aromatic carbocycles. The van der Waals surface area contributed by atoms with Crippen LogP contribution in [0.1, 0.15) is 56.8 Å². The molecule has 0 unspecified atom stereocenters. The molecule has 1 heterocycles. The average Bonchev–Trinajstić information content (AvgIpc) is 2.79. The third-order valence-electron chi connectivity index (χ3n) is 3.64. The first-order chi connectivity index (χ1) is 9.72. The van der Waals surface area contributed by atoms with E-state index in [4.69, 9.17) is 5.11 Å². The number of thioether (sulfide) groups is 1. The van der Waals surface area contributed by atoms with Crippen LogP contribution < -0.4 is 0 Å². The number of hydrogen-bond donors (Lipinski definition) is 2. The molecule has 1 aliphatic rings. The van der Waals surface area contributed by atoms with Gasteiger partial charge in [0.1, 0.15) is 6.61 Å². The molecule has 112 valence electrons. The van der Waals surface area contributed by atoms with Crippen molar-refractivity contribution in [2.45, 2.75) is 62.8 Å². The zero-order valence-corrected chi connectivity index (χ0v) is 12.3. The summed E-state index contributed by atoms with van der Waals surface area (Å²) in [6.45, 7) is -0.156. The molecule has 0 bridgehead atoms. The molecule has 0 aliphatic heterocycles. The fourth-order valence-electron chi connectivity index (χ4n) is 2.70. The standard InChI is InChI=1S/C13H21N3O3S/c17-8-11-14-15-13(20-9-12(18)19)16(11)10-6-4-2-1-3-5-7-10/h10,17H,1-9H2,(H,18,19). The molecule has 7 heteroatoms. The van der Waals surface area contributed by atoms with Crippen molar-refractivity contribution in [3.63, 3.8) is 0 Å². The van der Waals surface area contributed by atoms with Crippen LogP contribution in [0.4, 0.5) is 0 Å². The second-order valence-corrected chi connectivity index (χ2v) is 6.05. The van der Waals surface area contributed by atoms with Crippen molar-refractivity contribution in [2.75, 3.05) is 5.75 Å². The van der Waals surface area contributed by atoms with Gasteiger partial charge >= 0.3 is 5.97 Å². The number of aromatic nitrogens is 3. The predicted molar refractivity (Wildman–Crippen MR) is 75.7 cm³/mol. The number of aliphatic hydroxyl groups excluding tert-OH is 1. The lowest BCUT2D eigenvalue weighted by Crippen LogP contribution is -2.15. The third-order valence-corrected chi connectivity index (χ3v) is 4.57. The van der Waals surface area contributed by atoms with Crippen molar-refractivity contribution in [1.82, 2.24) is 14.8 Å². The summed E-state index contributed by atoms with van der Waals surface area (Å²) < 4.78 is 1.96. The van der Waals surface area contributed by atoms with Gasteiger partial charge in [-0.3, -0.25) is 4.79 Å². The maximum atomic E-state index is 10.7. The van der Waals surface area contributed by atoms with E-state index < -0.39 is 5.97 Å². The Kier molecular flexibility index (Phi) is 5.85. The average molecular weight is 299 g/mol. The van der Waals surface area contributed by atoms with Crippen LogP contribution in [0, 0.1) is 0 Å². The van der Waals surface area contributed by atoms with Gasteiger partial charge in [0.05, 0.1) is 5.75 Å². The Labute approximate surface area is 122 Å². The van der Waals surface area contributed by atoms with Crippen molar-refractivity contribution >= 4 is 17.7 Å². The number of rotatable bonds is 5. The molecule has 1 saturated carbocycles. The SMILES string of the molecule is O=C(O)CSc1nnc(CO)n1C1CCCCCCC1. The van der Waals surface area contributed by atoms with Gasteiger partial charge in [0, 0.05) is 6.04 Å². The molecular formula is C13H21N3O3S. The number of nitrogens with zero attached hydrogens (tertiary/aromatic N) is 3. The molecule has 1 aromatic heterocycles. The largest absolute Gasteiger partial charge is 0.481 e. The molecule has 1 aromatic rings. The van der Waals surface area contributed by atoms with Crippen molar-refractivity contribution in [1.29, 1.82) is 0 Å². The van der Waals surface area contributed by atoms with Gasteiger partial charge < -0.3 is 14.8 Å². The summed E-state index contributed by atoms with van der Waals surface area (Å²) in [6.07, 6.45) is 8.20. The molecule has 1 aliphatic carbocycles. The molecule has 0 amide bonds. The summed E-state index contributed by atoms with van der Waals surface area (Å²) in [7, 11) is 0. The van der Waals surface area contributed by atoms with Crippen LogP contribution in [0.5, 0.6) is 0 Å². The minimum Gasteiger partial charge on any atom is -0.481 e. The number of hydrogen-bond acceptors (Lipinski definition) is 5. The Bertz CT molecular complexity index is 442. The Morgan fingerprint density at radius 3 is 2.45 bits per heavy atom. The number of aliphatic carboxylic acids is 1. The van der Waals surface area contributed by atoms with Gasteiger partial charge in [-0.1, -0.05) is 43.9 Å². The molecule has 0 spiro atoms. The first kappa shape index (κ1) is 15.3. The molecule has 1 fully saturated rings. The first-order valence-electron chi connectivity index (χ1n) is 7.11. The van der Waals surface area contributed by atoms with E-state index in [-0.39, 0.29) is 18.4 Å². The maximum Gasteiger partial charge on any atom is 0.313 e. The van der Waals surface area contributed by atoms with Crippen molar-refractivity contribution in [2.24, 2.45) is 0 Å². The lowest BCUT2D eigenvalue weighted by atomic mass is 9.96. The number of carboxylic acids is 1. The summed E-state index contributed by atoms with van der Waals surface area (Å²) in [6, 6.07) is 0.281. The highest BCUT2D eigenvalue weighted by Gasteiger charge is 2.21. The Balaban J connectivity index is 2.17. The minimum atomic E-state index is -0.868. The normalized spacial score (nSPS) is 17.6. The lowest BCUT2D eigenvalue weighted by molar-refractivity contribution is -0.133. The van der Waals surface area contributed by atoms with Crippen LogP contribution in [0.25, 0.3) is 0 Å². The molecule has 0 radical (unpaired) electrons. The molecule has 6 nitrogen and oxygen atoms in total. The summed E-state index contributed by atoms with van der Waals surface area (Å²) in [5.41, 5.74) is 0.